The monoisotopic (exact) mass is 272 g/mol. The highest BCUT2D eigenvalue weighted by Gasteiger charge is 2.08. The van der Waals surface area contributed by atoms with Crippen LogP contribution in [0.15, 0.2) is 22.9 Å². The average molecular weight is 273 g/mol. The summed E-state index contributed by atoms with van der Waals surface area (Å²) in [6, 6.07) is 3.75. The van der Waals surface area contributed by atoms with Gasteiger partial charge in [-0.25, -0.2) is 0 Å². The van der Waals surface area contributed by atoms with Crippen molar-refractivity contribution in [3.63, 3.8) is 0 Å². The van der Waals surface area contributed by atoms with Crippen molar-refractivity contribution in [3.05, 3.63) is 28.4 Å². The van der Waals surface area contributed by atoms with Crippen molar-refractivity contribution in [1.82, 2.24) is 0 Å². The maximum Gasteiger partial charge on any atom is 0.131 e. The second-order valence-corrected chi connectivity index (χ2v) is 3.68. The van der Waals surface area contributed by atoms with Gasteiger partial charge in [0.25, 0.3) is 0 Å². The molecule has 0 aliphatic carbocycles. The third-order valence-corrected chi connectivity index (χ3v) is 2.34. The van der Waals surface area contributed by atoms with Crippen LogP contribution in [0.25, 0.3) is 6.08 Å². The standard InChI is InChI=1S/C11H13BrO3/c1-13-5-4-9-10(14-2)6-8(12)7-11(9)15-3/h4-7H,1-3H3/b5-4-. The first-order valence-corrected chi connectivity index (χ1v) is 5.13. The van der Waals surface area contributed by atoms with Crippen molar-refractivity contribution in [2.75, 3.05) is 21.3 Å². The van der Waals surface area contributed by atoms with Gasteiger partial charge in [0, 0.05) is 4.47 Å². The summed E-state index contributed by atoms with van der Waals surface area (Å²) in [5, 5.41) is 0. The van der Waals surface area contributed by atoms with E-state index in [0.717, 1.165) is 21.5 Å². The van der Waals surface area contributed by atoms with E-state index >= 15 is 0 Å². The highest BCUT2D eigenvalue weighted by Crippen LogP contribution is 2.33. The number of rotatable bonds is 4. The molecule has 3 nitrogen and oxygen atoms in total. The lowest BCUT2D eigenvalue weighted by Crippen LogP contribution is -1.92. The van der Waals surface area contributed by atoms with Gasteiger partial charge < -0.3 is 14.2 Å². The molecule has 15 heavy (non-hydrogen) atoms. The molecule has 0 unspecified atom stereocenters. The zero-order valence-corrected chi connectivity index (χ0v) is 10.5. The quantitative estimate of drug-likeness (QED) is 0.789. The van der Waals surface area contributed by atoms with Crippen LogP contribution < -0.4 is 9.47 Å². The normalized spacial score (nSPS) is 10.4. The molecule has 0 atom stereocenters. The van der Waals surface area contributed by atoms with E-state index in [0.29, 0.717) is 0 Å². The summed E-state index contributed by atoms with van der Waals surface area (Å²) in [6.07, 6.45) is 3.37. The van der Waals surface area contributed by atoms with Crippen LogP contribution in [0.5, 0.6) is 11.5 Å². The Labute approximate surface area is 97.8 Å². The fourth-order valence-corrected chi connectivity index (χ4v) is 1.62. The van der Waals surface area contributed by atoms with E-state index in [2.05, 4.69) is 15.9 Å². The molecule has 1 aromatic carbocycles. The molecule has 0 heterocycles. The lowest BCUT2D eigenvalue weighted by atomic mass is 10.1. The number of hydrogen-bond donors (Lipinski definition) is 0. The van der Waals surface area contributed by atoms with Crippen molar-refractivity contribution < 1.29 is 14.2 Å². The van der Waals surface area contributed by atoms with E-state index in [1.165, 1.54) is 0 Å². The molecule has 0 radical (unpaired) electrons. The summed E-state index contributed by atoms with van der Waals surface area (Å²) in [5.74, 6) is 1.46. The Bertz CT molecular complexity index is 336. The second kappa shape index (κ2) is 5.66. The van der Waals surface area contributed by atoms with Gasteiger partial charge in [-0.2, -0.15) is 0 Å². The molecule has 82 valence electrons. The molecule has 0 amide bonds. The summed E-state index contributed by atoms with van der Waals surface area (Å²) < 4.78 is 16.3. The van der Waals surface area contributed by atoms with Crippen molar-refractivity contribution in [3.8, 4) is 11.5 Å². The van der Waals surface area contributed by atoms with E-state index in [9.17, 15) is 0 Å². The van der Waals surface area contributed by atoms with Crippen LogP contribution in [0.2, 0.25) is 0 Å². The number of methoxy groups -OCH3 is 3. The van der Waals surface area contributed by atoms with Crippen molar-refractivity contribution in [2.24, 2.45) is 0 Å². The lowest BCUT2D eigenvalue weighted by molar-refractivity contribution is 0.340. The van der Waals surface area contributed by atoms with Gasteiger partial charge >= 0.3 is 0 Å². The minimum absolute atomic E-state index is 0.731. The Kier molecular flexibility index (Phi) is 4.49. The number of ether oxygens (including phenoxy) is 3. The van der Waals surface area contributed by atoms with Gasteiger partial charge in [-0.3, -0.25) is 0 Å². The van der Waals surface area contributed by atoms with Crippen molar-refractivity contribution >= 4 is 22.0 Å². The van der Waals surface area contributed by atoms with Gasteiger partial charge in [0.2, 0.25) is 0 Å². The molecule has 1 aromatic rings. The van der Waals surface area contributed by atoms with Gasteiger partial charge in [-0.1, -0.05) is 15.9 Å². The molecule has 0 aliphatic rings. The molecule has 0 aliphatic heterocycles. The Morgan fingerprint density at radius 2 is 1.60 bits per heavy atom. The van der Waals surface area contributed by atoms with Gasteiger partial charge in [-0.15, -0.1) is 0 Å². The van der Waals surface area contributed by atoms with Gasteiger partial charge in [0.15, 0.2) is 0 Å². The van der Waals surface area contributed by atoms with Crippen LogP contribution in [0, 0.1) is 0 Å². The van der Waals surface area contributed by atoms with E-state index in [4.69, 9.17) is 14.2 Å². The average Bonchev–Trinajstić information content (AvgIpc) is 2.26. The summed E-state index contributed by atoms with van der Waals surface area (Å²) in [5.41, 5.74) is 0.852. The summed E-state index contributed by atoms with van der Waals surface area (Å²) in [6.45, 7) is 0. The van der Waals surface area contributed by atoms with E-state index < -0.39 is 0 Å². The summed E-state index contributed by atoms with van der Waals surface area (Å²) in [7, 11) is 4.82. The third-order valence-electron chi connectivity index (χ3n) is 1.88. The van der Waals surface area contributed by atoms with Crippen molar-refractivity contribution in [1.29, 1.82) is 0 Å². The molecule has 1 rings (SSSR count). The van der Waals surface area contributed by atoms with E-state index in [1.54, 1.807) is 33.7 Å². The summed E-state index contributed by atoms with van der Waals surface area (Å²) >= 11 is 3.38. The first-order valence-electron chi connectivity index (χ1n) is 4.33. The molecular weight excluding hydrogens is 260 g/mol. The van der Waals surface area contributed by atoms with Crippen LogP contribution in [-0.2, 0) is 4.74 Å². The predicted octanol–water partition coefficient (Wildman–Crippen LogP) is 3.08. The maximum absolute atomic E-state index is 5.25. The Morgan fingerprint density at radius 1 is 1.07 bits per heavy atom. The Morgan fingerprint density at radius 3 is 2.00 bits per heavy atom. The maximum atomic E-state index is 5.25. The molecule has 0 saturated carbocycles. The largest absolute Gasteiger partial charge is 0.504 e. The molecule has 0 fully saturated rings. The molecule has 0 bridgehead atoms. The Hall–Kier alpha value is -1.16. The predicted molar refractivity (Wildman–Crippen MR) is 63.3 cm³/mol. The van der Waals surface area contributed by atoms with Gasteiger partial charge in [0.05, 0.1) is 33.2 Å². The highest BCUT2D eigenvalue weighted by atomic mass is 79.9. The van der Waals surface area contributed by atoms with Crippen LogP contribution in [0.4, 0.5) is 0 Å². The Balaban J connectivity index is 3.24. The fraction of sp³-hybridized carbons (Fsp3) is 0.273. The topological polar surface area (TPSA) is 27.7 Å². The van der Waals surface area contributed by atoms with E-state index in [-0.39, 0.29) is 0 Å². The van der Waals surface area contributed by atoms with Gasteiger partial charge in [0.1, 0.15) is 11.5 Å². The first kappa shape index (κ1) is 11.9. The van der Waals surface area contributed by atoms with Crippen LogP contribution >= 0.6 is 15.9 Å². The summed E-state index contributed by atoms with van der Waals surface area (Å²) in [4.78, 5) is 0. The number of halogens is 1. The third kappa shape index (κ3) is 2.89. The van der Waals surface area contributed by atoms with Gasteiger partial charge in [-0.05, 0) is 18.2 Å². The molecule has 4 heteroatoms. The minimum Gasteiger partial charge on any atom is -0.504 e. The molecular formula is C11H13BrO3. The van der Waals surface area contributed by atoms with Crippen LogP contribution in [0.1, 0.15) is 5.56 Å². The molecule has 0 aromatic heterocycles. The van der Waals surface area contributed by atoms with Crippen molar-refractivity contribution in [2.45, 2.75) is 0 Å². The SMILES string of the molecule is CO/C=C\c1c(OC)cc(Br)cc1OC. The molecule has 0 N–H and O–H groups in total. The highest BCUT2D eigenvalue weighted by molar-refractivity contribution is 9.10. The first-order chi connectivity index (χ1) is 7.22. The number of benzene rings is 1. The number of hydrogen-bond acceptors (Lipinski definition) is 3. The zero-order valence-electron chi connectivity index (χ0n) is 8.91. The zero-order chi connectivity index (χ0) is 11.3. The lowest BCUT2D eigenvalue weighted by Gasteiger charge is -2.10. The van der Waals surface area contributed by atoms with E-state index in [1.807, 2.05) is 12.1 Å². The molecule has 0 spiro atoms. The van der Waals surface area contributed by atoms with Crippen LogP contribution in [-0.4, -0.2) is 21.3 Å². The fourth-order valence-electron chi connectivity index (χ4n) is 1.21. The van der Waals surface area contributed by atoms with Crippen LogP contribution in [0.3, 0.4) is 0 Å². The minimum atomic E-state index is 0.731. The molecule has 0 saturated heterocycles. The smallest absolute Gasteiger partial charge is 0.131 e. The second-order valence-electron chi connectivity index (χ2n) is 2.76.